The van der Waals surface area contributed by atoms with Crippen molar-refractivity contribution < 1.29 is 18.3 Å². The van der Waals surface area contributed by atoms with Crippen LogP contribution in [0.15, 0.2) is 114 Å². The highest BCUT2D eigenvalue weighted by atomic mass is 35.5. The number of thiophene rings is 1. The molecule has 0 atom stereocenters. The molecule has 0 aliphatic carbocycles. The van der Waals surface area contributed by atoms with Gasteiger partial charge in [0.05, 0.1) is 24.6 Å². The van der Waals surface area contributed by atoms with Crippen LogP contribution in [0.3, 0.4) is 0 Å². The molecule has 0 spiro atoms. The second-order valence-corrected chi connectivity index (χ2v) is 11.9. The average molecular weight is 657 g/mol. The molecule has 0 radical (unpaired) electrons. The summed E-state index contributed by atoms with van der Waals surface area (Å²) in [6.07, 6.45) is 1.44. The summed E-state index contributed by atoms with van der Waals surface area (Å²) in [5.41, 5.74) is 2.44. The monoisotopic (exact) mass is 656 g/mol. The summed E-state index contributed by atoms with van der Waals surface area (Å²) in [4.78, 5) is 31.6. The Morgan fingerprint density at radius 2 is 1.46 bits per heavy atom. The molecule has 9 heteroatoms. The maximum absolute atomic E-state index is 14.9. The molecule has 0 amide bonds. The van der Waals surface area contributed by atoms with Gasteiger partial charge in [-0.2, -0.15) is 0 Å². The second kappa shape index (κ2) is 14.2. The Balaban J connectivity index is 0.00000417. The molecule has 0 saturated heterocycles. The molecule has 0 bridgehead atoms. The van der Waals surface area contributed by atoms with Gasteiger partial charge in [0.25, 0.3) is 0 Å². The second-order valence-electron chi connectivity index (χ2n) is 10.9. The maximum Gasteiger partial charge on any atom is 0.201 e. The molecule has 0 N–H and O–H groups in total. The Bertz CT molecular complexity index is 2030. The van der Waals surface area contributed by atoms with Gasteiger partial charge in [-0.15, -0.1) is 23.7 Å². The minimum Gasteiger partial charge on any atom is -0.497 e. The zero-order valence-electron chi connectivity index (χ0n) is 25.2. The van der Waals surface area contributed by atoms with E-state index in [4.69, 9.17) is 4.74 Å². The van der Waals surface area contributed by atoms with Crippen molar-refractivity contribution >= 4 is 39.7 Å². The molecular weight excluding hydrogens is 626 g/mol. The van der Waals surface area contributed by atoms with Gasteiger partial charge >= 0.3 is 0 Å². The van der Waals surface area contributed by atoms with Gasteiger partial charge in [-0.05, 0) is 60.1 Å². The van der Waals surface area contributed by atoms with Crippen LogP contribution in [0.1, 0.15) is 32.6 Å². The van der Waals surface area contributed by atoms with Crippen molar-refractivity contribution in [2.75, 3.05) is 14.2 Å². The first-order valence-corrected chi connectivity index (χ1v) is 15.2. The quantitative estimate of drug-likeness (QED) is 0.139. The van der Waals surface area contributed by atoms with Crippen LogP contribution < -0.4 is 10.2 Å². The van der Waals surface area contributed by atoms with Gasteiger partial charge in [0, 0.05) is 35.3 Å². The highest BCUT2D eigenvalue weighted by molar-refractivity contribution is 7.22. The number of carbonyl (C=O) groups is 1. The Hall–Kier alpha value is -4.63. The SMILES string of the molecule is COc1ccc(-c2sc3c(c2CN(C)Cc2ccccc2)c(=O)c(C(=O)c2ccccc2)cn3Cc2c(F)cccc2F)cc1.Cl. The van der Waals surface area contributed by atoms with Crippen LogP contribution >= 0.6 is 23.7 Å². The van der Waals surface area contributed by atoms with E-state index in [1.807, 2.05) is 61.6 Å². The lowest BCUT2D eigenvalue weighted by Crippen LogP contribution is -2.22. The number of ether oxygens (including phenoxy) is 1. The van der Waals surface area contributed by atoms with E-state index in [-0.39, 0.29) is 30.1 Å². The number of hydrogen-bond acceptors (Lipinski definition) is 5. The molecule has 4 aromatic carbocycles. The summed E-state index contributed by atoms with van der Waals surface area (Å²) < 4.78 is 36.9. The number of benzene rings is 4. The van der Waals surface area contributed by atoms with Crippen molar-refractivity contribution in [3.8, 4) is 16.2 Å². The molecule has 2 heterocycles. The number of methoxy groups -OCH3 is 1. The van der Waals surface area contributed by atoms with Crippen molar-refractivity contribution in [3.05, 3.63) is 159 Å². The normalized spacial score (nSPS) is 11.1. The largest absolute Gasteiger partial charge is 0.497 e. The topological polar surface area (TPSA) is 51.5 Å². The van der Waals surface area contributed by atoms with Crippen LogP contribution in [0.5, 0.6) is 5.75 Å². The van der Waals surface area contributed by atoms with E-state index in [1.54, 1.807) is 42.0 Å². The van der Waals surface area contributed by atoms with Crippen LogP contribution in [0.25, 0.3) is 20.7 Å². The minimum atomic E-state index is -0.701. The molecule has 46 heavy (non-hydrogen) atoms. The van der Waals surface area contributed by atoms with Crippen LogP contribution in [0, 0.1) is 11.6 Å². The predicted octanol–water partition coefficient (Wildman–Crippen LogP) is 8.35. The molecule has 0 aliphatic heterocycles. The van der Waals surface area contributed by atoms with Crippen molar-refractivity contribution in [1.29, 1.82) is 0 Å². The Labute approximate surface area is 275 Å². The van der Waals surface area contributed by atoms with Gasteiger partial charge in [0.15, 0.2) is 5.78 Å². The Morgan fingerprint density at radius 3 is 2.09 bits per heavy atom. The number of nitrogens with zero attached hydrogens (tertiary/aromatic N) is 2. The van der Waals surface area contributed by atoms with E-state index >= 15 is 0 Å². The lowest BCUT2D eigenvalue weighted by molar-refractivity contribution is 0.103. The van der Waals surface area contributed by atoms with Gasteiger partial charge < -0.3 is 9.30 Å². The molecule has 6 aromatic rings. The van der Waals surface area contributed by atoms with Crippen molar-refractivity contribution in [1.82, 2.24) is 9.47 Å². The van der Waals surface area contributed by atoms with Crippen LogP contribution in [0.4, 0.5) is 8.78 Å². The summed E-state index contributed by atoms with van der Waals surface area (Å²) in [6, 6.07) is 29.8. The first-order chi connectivity index (χ1) is 21.8. The third-order valence-corrected chi connectivity index (χ3v) is 9.07. The molecule has 0 unspecified atom stereocenters. The number of rotatable bonds is 10. The summed E-state index contributed by atoms with van der Waals surface area (Å²) >= 11 is 1.37. The lowest BCUT2D eigenvalue weighted by Gasteiger charge is -2.18. The van der Waals surface area contributed by atoms with E-state index in [1.165, 1.54) is 35.7 Å². The highest BCUT2D eigenvalue weighted by Gasteiger charge is 2.25. The zero-order chi connectivity index (χ0) is 31.5. The number of pyridine rings is 1. The number of fused-ring (bicyclic) bond motifs is 1. The molecular formula is C37H31ClF2N2O3S. The molecule has 2 aromatic heterocycles. The van der Waals surface area contributed by atoms with E-state index in [0.717, 1.165) is 21.6 Å². The molecule has 0 aliphatic rings. The van der Waals surface area contributed by atoms with E-state index in [0.29, 0.717) is 34.6 Å². The standard InChI is InChI=1S/C37H30F2N2O3S.ClH/c1-40(20-24-10-5-3-6-11-24)21-29-33-35(43)30(34(42)25-12-7-4-8-13-25)23-41(22-28-31(38)14-9-15-32(28)39)37(33)45-36(29)26-16-18-27(44-2)19-17-26;/h3-19,23H,20-22H2,1-2H3;1H. The van der Waals surface area contributed by atoms with Gasteiger partial charge in [-0.3, -0.25) is 14.5 Å². The number of ketones is 1. The number of carbonyl (C=O) groups excluding carboxylic acids is 1. The first kappa shape index (κ1) is 32.8. The number of hydrogen-bond donors (Lipinski definition) is 0. The number of aromatic nitrogens is 1. The summed E-state index contributed by atoms with van der Waals surface area (Å²) in [7, 11) is 3.57. The third-order valence-electron chi connectivity index (χ3n) is 7.75. The van der Waals surface area contributed by atoms with E-state index in [9.17, 15) is 18.4 Å². The van der Waals surface area contributed by atoms with Crippen molar-refractivity contribution in [2.24, 2.45) is 0 Å². The average Bonchev–Trinajstić information content (AvgIpc) is 3.44. The van der Waals surface area contributed by atoms with Gasteiger partial charge in [-0.25, -0.2) is 8.78 Å². The maximum atomic E-state index is 14.9. The van der Waals surface area contributed by atoms with Crippen LogP contribution in [0.2, 0.25) is 0 Å². The van der Waals surface area contributed by atoms with Gasteiger partial charge in [0.1, 0.15) is 22.2 Å². The summed E-state index contributed by atoms with van der Waals surface area (Å²) in [5, 5.41) is 0.365. The van der Waals surface area contributed by atoms with Crippen molar-refractivity contribution in [2.45, 2.75) is 19.6 Å². The fraction of sp³-hybridized carbons (Fsp3) is 0.135. The first-order valence-electron chi connectivity index (χ1n) is 14.4. The predicted molar refractivity (Wildman–Crippen MR) is 182 cm³/mol. The van der Waals surface area contributed by atoms with E-state index in [2.05, 4.69) is 4.90 Å². The highest BCUT2D eigenvalue weighted by Crippen LogP contribution is 2.39. The number of halogens is 3. The smallest absolute Gasteiger partial charge is 0.201 e. The van der Waals surface area contributed by atoms with E-state index < -0.39 is 22.8 Å². The molecule has 6 rings (SSSR count). The minimum absolute atomic E-state index is 0. The lowest BCUT2D eigenvalue weighted by atomic mass is 10.0. The summed E-state index contributed by atoms with van der Waals surface area (Å²) in [5.74, 6) is -1.17. The fourth-order valence-electron chi connectivity index (χ4n) is 5.52. The molecule has 0 saturated carbocycles. The van der Waals surface area contributed by atoms with Gasteiger partial charge in [-0.1, -0.05) is 66.7 Å². The van der Waals surface area contributed by atoms with Crippen LogP contribution in [-0.2, 0) is 19.6 Å². The van der Waals surface area contributed by atoms with Gasteiger partial charge in [0.2, 0.25) is 5.43 Å². The summed E-state index contributed by atoms with van der Waals surface area (Å²) in [6.45, 7) is 0.812. The molecule has 5 nitrogen and oxygen atoms in total. The Morgan fingerprint density at radius 1 is 0.826 bits per heavy atom. The third kappa shape index (κ3) is 6.65. The molecule has 234 valence electrons. The van der Waals surface area contributed by atoms with Crippen LogP contribution in [-0.4, -0.2) is 29.4 Å². The fourth-order valence-corrected chi connectivity index (χ4v) is 6.81. The zero-order valence-corrected chi connectivity index (χ0v) is 26.8. The Kier molecular flexibility index (Phi) is 10.1. The van der Waals surface area contributed by atoms with Crippen molar-refractivity contribution in [3.63, 3.8) is 0 Å². The molecule has 0 fully saturated rings.